The second kappa shape index (κ2) is 5.27. The Morgan fingerprint density at radius 3 is 2.50 bits per heavy atom. The zero-order chi connectivity index (χ0) is 14.0. The predicted molar refractivity (Wildman–Crippen MR) is 84.5 cm³/mol. The highest BCUT2D eigenvalue weighted by molar-refractivity contribution is 6.30. The molecular weight excluding hydrogens is 270 g/mol. The van der Waals surface area contributed by atoms with Crippen LogP contribution in [0.2, 0.25) is 0 Å². The number of amidine groups is 1. The Hall–Kier alpha value is -1.84. The molecule has 2 aromatic rings. The maximum atomic E-state index is 6.00. The Balaban J connectivity index is 2.26. The maximum absolute atomic E-state index is 6.00. The molecule has 1 unspecified atom stereocenters. The molecule has 2 aromatic carbocycles. The molecule has 4 heteroatoms. The summed E-state index contributed by atoms with van der Waals surface area (Å²) in [4.78, 5) is 4.82. The summed E-state index contributed by atoms with van der Waals surface area (Å²) in [5.41, 5.74) is 2.64. The Labute approximate surface area is 123 Å². The molecule has 0 spiro atoms. The molecule has 1 atom stereocenters. The van der Waals surface area contributed by atoms with Gasteiger partial charge < -0.3 is 5.32 Å². The van der Waals surface area contributed by atoms with Crippen molar-refractivity contribution >= 4 is 23.1 Å². The number of benzene rings is 2. The first-order valence-electron chi connectivity index (χ1n) is 6.56. The lowest BCUT2D eigenvalue weighted by molar-refractivity contribution is 0.459. The summed E-state index contributed by atoms with van der Waals surface area (Å²) in [6.45, 7) is 0. The van der Waals surface area contributed by atoms with Crippen LogP contribution in [0.4, 0.5) is 5.69 Å². The van der Waals surface area contributed by atoms with Crippen LogP contribution in [0.25, 0.3) is 0 Å². The largest absolute Gasteiger partial charge is 0.343 e. The summed E-state index contributed by atoms with van der Waals surface area (Å²) in [5.74, 6) is 1.12. The number of anilines is 1. The summed E-state index contributed by atoms with van der Waals surface area (Å²) >= 11 is 6.00. The molecule has 0 amide bonds. The van der Waals surface area contributed by atoms with Crippen molar-refractivity contribution in [1.82, 2.24) is 5.32 Å². The average molecular weight is 286 g/mol. The second-order valence-electron chi connectivity index (χ2n) is 4.69. The van der Waals surface area contributed by atoms with Gasteiger partial charge in [-0.25, -0.2) is 4.99 Å². The molecule has 0 radical (unpaired) electrons. The fourth-order valence-corrected chi connectivity index (χ4v) is 2.78. The average Bonchev–Trinajstić information content (AvgIpc) is 2.54. The maximum Gasteiger partial charge on any atom is 0.166 e. The fourth-order valence-electron chi connectivity index (χ4n) is 2.65. The van der Waals surface area contributed by atoms with Crippen molar-refractivity contribution in [3.63, 3.8) is 0 Å². The van der Waals surface area contributed by atoms with Crippen molar-refractivity contribution < 1.29 is 0 Å². The van der Waals surface area contributed by atoms with Crippen LogP contribution >= 0.6 is 11.6 Å². The van der Waals surface area contributed by atoms with E-state index in [4.69, 9.17) is 16.6 Å². The van der Waals surface area contributed by atoms with E-state index in [0.717, 1.165) is 22.6 Å². The Morgan fingerprint density at radius 1 is 1.10 bits per heavy atom. The van der Waals surface area contributed by atoms with E-state index in [0.29, 0.717) is 5.88 Å². The summed E-state index contributed by atoms with van der Waals surface area (Å²) < 4.78 is 0. The van der Waals surface area contributed by atoms with E-state index in [1.54, 1.807) is 0 Å². The van der Waals surface area contributed by atoms with Gasteiger partial charge in [0.15, 0.2) is 5.66 Å². The summed E-state index contributed by atoms with van der Waals surface area (Å²) in [6, 6.07) is 18.4. The molecule has 102 valence electrons. The molecule has 1 aliphatic heterocycles. The van der Waals surface area contributed by atoms with Gasteiger partial charge in [-0.05, 0) is 18.7 Å². The van der Waals surface area contributed by atoms with Crippen LogP contribution in [0, 0.1) is 0 Å². The van der Waals surface area contributed by atoms with Gasteiger partial charge in [0.05, 0.1) is 5.88 Å². The molecule has 0 saturated heterocycles. The highest BCUT2D eigenvalue weighted by Gasteiger charge is 2.37. The van der Waals surface area contributed by atoms with Gasteiger partial charge in [-0.1, -0.05) is 48.5 Å². The normalized spacial score (nSPS) is 20.8. The first-order chi connectivity index (χ1) is 9.80. The SMILES string of the molecule is CNC1(c2ccccc2)N=C(CCl)Nc2ccccc21. The van der Waals surface area contributed by atoms with E-state index in [-0.39, 0.29) is 0 Å². The minimum atomic E-state index is -0.590. The third-order valence-corrected chi connectivity index (χ3v) is 3.83. The number of hydrogen-bond acceptors (Lipinski definition) is 3. The first-order valence-corrected chi connectivity index (χ1v) is 7.09. The molecule has 2 N–H and O–H groups in total. The number of nitrogens with one attached hydrogen (secondary N) is 2. The van der Waals surface area contributed by atoms with E-state index in [1.807, 2.05) is 43.4 Å². The highest BCUT2D eigenvalue weighted by Crippen LogP contribution is 2.38. The Kier molecular flexibility index (Phi) is 3.47. The number of hydrogen-bond donors (Lipinski definition) is 2. The van der Waals surface area contributed by atoms with Crippen molar-refractivity contribution in [2.45, 2.75) is 5.66 Å². The van der Waals surface area contributed by atoms with Crippen molar-refractivity contribution in [3.8, 4) is 0 Å². The van der Waals surface area contributed by atoms with Crippen molar-refractivity contribution in [2.24, 2.45) is 4.99 Å². The predicted octanol–water partition coefficient (Wildman–Crippen LogP) is 3.17. The number of halogens is 1. The molecule has 20 heavy (non-hydrogen) atoms. The van der Waals surface area contributed by atoms with E-state index < -0.39 is 5.66 Å². The number of fused-ring (bicyclic) bond motifs is 1. The van der Waals surface area contributed by atoms with Gasteiger partial charge in [0.2, 0.25) is 0 Å². The third kappa shape index (κ3) is 1.99. The fraction of sp³-hybridized carbons (Fsp3) is 0.188. The van der Waals surface area contributed by atoms with E-state index in [2.05, 4.69) is 28.8 Å². The number of nitrogens with zero attached hydrogens (tertiary/aromatic N) is 1. The number of para-hydroxylation sites is 1. The first kappa shape index (κ1) is 13.2. The van der Waals surface area contributed by atoms with Crippen LogP contribution in [0.15, 0.2) is 59.6 Å². The molecule has 0 aromatic heterocycles. The molecule has 3 rings (SSSR count). The monoisotopic (exact) mass is 285 g/mol. The van der Waals surface area contributed by atoms with Crippen LogP contribution < -0.4 is 10.6 Å². The molecular formula is C16H16ClN3. The standard InChI is InChI=1S/C16H16ClN3/c1-18-16(12-7-3-2-4-8-12)13-9-5-6-10-14(13)19-15(11-17)20-16/h2-10,18H,11H2,1H3,(H,19,20). The zero-order valence-electron chi connectivity index (χ0n) is 11.2. The highest BCUT2D eigenvalue weighted by atomic mass is 35.5. The lowest BCUT2D eigenvalue weighted by atomic mass is 9.89. The van der Waals surface area contributed by atoms with E-state index in [9.17, 15) is 0 Å². The molecule has 0 fully saturated rings. The molecule has 1 heterocycles. The van der Waals surface area contributed by atoms with Crippen LogP contribution in [0.5, 0.6) is 0 Å². The minimum Gasteiger partial charge on any atom is -0.343 e. The molecule has 0 aliphatic carbocycles. The number of aliphatic imine (C=N–C) groups is 1. The van der Waals surface area contributed by atoms with Gasteiger partial charge in [0.1, 0.15) is 5.84 Å². The topological polar surface area (TPSA) is 36.4 Å². The van der Waals surface area contributed by atoms with Gasteiger partial charge in [0, 0.05) is 11.3 Å². The summed E-state index contributed by atoms with van der Waals surface area (Å²) in [6.07, 6.45) is 0. The second-order valence-corrected chi connectivity index (χ2v) is 4.96. The Bertz CT molecular complexity index is 639. The van der Waals surface area contributed by atoms with Crippen LogP contribution in [-0.2, 0) is 5.66 Å². The van der Waals surface area contributed by atoms with Crippen molar-refractivity contribution in [3.05, 3.63) is 65.7 Å². The quantitative estimate of drug-likeness (QED) is 0.850. The number of alkyl halides is 1. The van der Waals surface area contributed by atoms with Gasteiger partial charge in [-0.2, -0.15) is 0 Å². The lowest BCUT2D eigenvalue weighted by Gasteiger charge is -2.36. The van der Waals surface area contributed by atoms with Gasteiger partial charge >= 0.3 is 0 Å². The van der Waals surface area contributed by atoms with Gasteiger partial charge in [0.25, 0.3) is 0 Å². The van der Waals surface area contributed by atoms with Crippen LogP contribution in [0.1, 0.15) is 11.1 Å². The Morgan fingerprint density at radius 2 is 1.80 bits per heavy atom. The van der Waals surface area contributed by atoms with Crippen LogP contribution in [-0.4, -0.2) is 18.8 Å². The van der Waals surface area contributed by atoms with Gasteiger partial charge in [-0.3, -0.25) is 5.32 Å². The summed E-state index contributed by atoms with van der Waals surface area (Å²) in [7, 11) is 1.92. The molecule has 1 aliphatic rings. The lowest BCUT2D eigenvalue weighted by Crippen LogP contribution is -2.44. The summed E-state index contributed by atoms with van der Waals surface area (Å²) in [5, 5.41) is 6.65. The van der Waals surface area contributed by atoms with E-state index >= 15 is 0 Å². The molecule has 0 bridgehead atoms. The van der Waals surface area contributed by atoms with Crippen molar-refractivity contribution in [1.29, 1.82) is 0 Å². The van der Waals surface area contributed by atoms with Crippen molar-refractivity contribution in [2.75, 3.05) is 18.2 Å². The smallest absolute Gasteiger partial charge is 0.166 e. The zero-order valence-corrected chi connectivity index (χ0v) is 12.0. The molecule has 3 nitrogen and oxygen atoms in total. The molecule has 0 saturated carbocycles. The van der Waals surface area contributed by atoms with Gasteiger partial charge in [-0.15, -0.1) is 11.6 Å². The third-order valence-electron chi connectivity index (χ3n) is 3.58. The minimum absolute atomic E-state index is 0.352. The van der Waals surface area contributed by atoms with E-state index in [1.165, 1.54) is 0 Å². The number of rotatable bonds is 3. The van der Waals surface area contributed by atoms with Crippen LogP contribution in [0.3, 0.4) is 0 Å².